The molecule has 0 saturated carbocycles. The molecule has 1 fully saturated rings. The third-order valence-corrected chi connectivity index (χ3v) is 11.4. The molecule has 1 rings (SSSR count). The number of nitrogens with one attached hydrogen (secondary N) is 1. The van der Waals surface area contributed by atoms with E-state index in [1.165, 1.54) is 38.3 Å². The number of hydrogen-bond acceptors (Lipinski definition) is 2. The van der Waals surface area contributed by atoms with Crippen molar-refractivity contribution in [1.82, 2.24) is 5.32 Å². The number of rotatable bonds is 10. The molecule has 0 aromatic carbocycles. The topological polar surface area (TPSA) is 21.3 Å². The van der Waals surface area contributed by atoms with Gasteiger partial charge in [0.1, 0.15) is 0 Å². The molecule has 0 unspecified atom stereocenters. The van der Waals surface area contributed by atoms with Gasteiger partial charge in [0.2, 0.25) is 0 Å². The van der Waals surface area contributed by atoms with Gasteiger partial charge >= 0.3 is 0 Å². The second-order valence-corrected chi connectivity index (χ2v) is 15.0. The Bertz CT molecular complexity index is 233. The minimum atomic E-state index is 0. The molecule has 0 aromatic rings. The van der Waals surface area contributed by atoms with Crippen molar-refractivity contribution in [2.75, 3.05) is 38.6 Å². The Morgan fingerprint density at radius 2 is 1.00 bits per heavy atom. The Morgan fingerprint density at radius 1 is 0.680 bits per heavy atom. The molecule has 1 aliphatic rings. The summed E-state index contributed by atoms with van der Waals surface area (Å²) in [6.45, 7) is 23.6. The van der Waals surface area contributed by atoms with E-state index in [4.69, 9.17) is 4.74 Å². The van der Waals surface area contributed by atoms with Gasteiger partial charge < -0.3 is 10.1 Å². The van der Waals surface area contributed by atoms with E-state index in [-0.39, 0.29) is 23.3 Å². The van der Waals surface area contributed by atoms with Crippen molar-refractivity contribution >= 4 is 15.8 Å². The highest BCUT2D eigenvalue weighted by Gasteiger charge is 2.17. The fraction of sp³-hybridized carbons (Fsp3) is 1.00. The minimum absolute atomic E-state index is 0. The Hall–Kier alpha value is 0.780. The van der Waals surface area contributed by atoms with Crippen LogP contribution < -0.4 is 5.32 Å². The third kappa shape index (κ3) is 14.5. The summed E-state index contributed by atoms with van der Waals surface area (Å²) in [5.74, 6) is 0. The van der Waals surface area contributed by atoms with Crippen LogP contribution >= 0.6 is 15.8 Å². The van der Waals surface area contributed by atoms with E-state index in [2.05, 4.69) is 60.7 Å². The molecule has 1 saturated heterocycles. The van der Waals surface area contributed by atoms with Crippen LogP contribution in [-0.2, 0) is 4.74 Å². The van der Waals surface area contributed by atoms with Crippen molar-refractivity contribution in [1.29, 1.82) is 0 Å². The van der Waals surface area contributed by atoms with Gasteiger partial charge in [0.15, 0.2) is 0 Å². The molecule has 25 heavy (non-hydrogen) atoms. The molecule has 0 amide bonds. The first kappa shape index (κ1) is 28.0. The normalized spacial score (nSPS) is 14.6. The highest BCUT2D eigenvalue weighted by Crippen LogP contribution is 2.46. The summed E-state index contributed by atoms with van der Waals surface area (Å²) < 4.78 is 4.94. The summed E-state index contributed by atoms with van der Waals surface area (Å²) in [6.07, 6.45) is 5.35. The maximum absolute atomic E-state index is 4.94. The fourth-order valence-electron chi connectivity index (χ4n) is 3.28. The Morgan fingerprint density at radius 3 is 1.20 bits per heavy atom. The van der Waals surface area contributed by atoms with Crippen LogP contribution in [0.4, 0.5) is 0 Å². The molecule has 2 nitrogen and oxygen atoms in total. The largest absolute Gasteiger partial charge is 0.381 e. The van der Waals surface area contributed by atoms with Crippen LogP contribution in [0.25, 0.3) is 0 Å². The third-order valence-electron chi connectivity index (χ3n) is 4.57. The zero-order chi connectivity index (χ0) is 18.5. The molecule has 1 N–H and O–H groups in total. The molecular formula is C21H49NOP2. The van der Waals surface area contributed by atoms with Crippen LogP contribution in [0.15, 0.2) is 0 Å². The van der Waals surface area contributed by atoms with Crippen LogP contribution in [0.5, 0.6) is 0 Å². The van der Waals surface area contributed by atoms with E-state index in [1.54, 1.807) is 0 Å². The monoisotopic (exact) mass is 393 g/mol. The van der Waals surface area contributed by atoms with E-state index >= 15 is 0 Å². The van der Waals surface area contributed by atoms with Gasteiger partial charge in [-0.05, 0) is 60.9 Å². The van der Waals surface area contributed by atoms with Gasteiger partial charge in [-0.1, -0.05) is 62.8 Å². The molecule has 4 heteroatoms. The van der Waals surface area contributed by atoms with E-state index in [0.717, 1.165) is 35.8 Å². The van der Waals surface area contributed by atoms with Crippen LogP contribution in [0.3, 0.4) is 0 Å². The molecule has 1 heterocycles. The predicted molar refractivity (Wildman–Crippen MR) is 124 cm³/mol. The standard InChI is InChI=1S/C16H37NP2.C4H8O.CH4/c1-13(2)18(14(3)4)11-9-17-10-12-19(15(5)6)16(7)8;1-2-4-5-3-1;/h13-17H,9-12H2,1-8H3;1-4H2;1H4. The maximum Gasteiger partial charge on any atom is 0.0466 e. The summed E-state index contributed by atoms with van der Waals surface area (Å²) in [6, 6.07) is 0. The first-order valence-corrected chi connectivity index (χ1v) is 13.4. The maximum atomic E-state index is 4.94. The zero-order valence-corrected chi connectivity index (χ0v) is 19.6. The SMILES string of the molecule is C.C1CCOC1.CC(C)P(CCNCCP(C(C)C)C(C)C)C(C)C. The van der Waals surface area contributed by atoms with E-state index in [9.17, 15) is 0 Å². The summed E-state index contributed by atoms with van der Waals surface area (Å²) in [5, 5.41) is 3.70. The van der Waals surface area contributed by atoms with Gasteiger partial charge in [-0.3, -0.25) is 0 Å². The minimum Gasteiger partial charge on any atom is -0.381 e. The van der Waals surface area contributed by atoms with Crippen molar-refractivity contribution < 1.29 is 4.74 Å². The van der Waals surface area contributed by atoms with Gasteiger partial charge in [0.25, 0.3) is 0 Å². The molecule has 0 aliphatic carbocycles. The van der Waals surface area contributed by atoms with Crippen LogP contribution in [0.1, 0.15) is 75.7 Å². The molecular weight excluding hydrogens is 344 g/mol. The molecule has 0 aromatic heterocycles. The van der Waals surface area contributed by atoms with E-state index in [0.29, 0.717) is 0 Å². The van der Waals surface area contributed by atoms with Gasteiger partial charge in [-0.25, -0.2) is 0 Å². The van der Waals surface area contributed by atoms with Crippen molar-refractivity contribution in [2.45, 2.75) is 98.3 Å². The second kappa shape index (κ2) is 16.9. The van der Waals surface area contributed by atoms with Gasteiger partial charge in [0, 0.05) is 13.2 Å². The van der Waals surface area contributed by atoms with Gasteiger partial charge in [0.05, 0.1) is 0 Å². The summed E-state index contributed by atoms with van der Waals surface area (Å²) in [5.41, 5.74) is 3.50. The Balaban J connectivity index is 0. The molecule has 1 aliphatic heterocycles. The lowest BCUT2D eigenvalue weighted by Crippen LogP contribution is -2.24. The Labute approximate surface area is 163 Å². The molecule has 154 valence electrons. The highest BCUT2D eigenvalue weighted by molar-refractivity contribution is 7.59. The lowest BCUT2D eigenvalue weighted by molar-refractivity contribution is 0.198. The zero-order valence-electron chi connectivity index (χ0n) is 17.8. The average molecular weight is 394 g/mol. The van der Waals surface area contributed by atoms with E-state index in [1.807, 2.05) is 0 Å². The Kier molecular flexibility index (Phi) is 18.9. The molecule has 0 radical (unpaired) electrons. The van der Waals surface area contributed by atoms with E-state index < -0.39 is 0 Å². The van der Waals surface area contributed by atoms with Crippen molar-refractivity contribution in [3.8, 4) is 0 Å². The average Bonchev–Trinajstić information content (AvgIpc) is 3.03. The predicted octanol–water partition coefficient (Wildman–Crippen LogP) is 6.61. The van der Waals surface area contributed by atoms with Gasteiger partial charge in [-0.15, -0.1) is 15.8 Å². The van der Waals surface area contributed by atoms with Crippen molar-refractivity contribution in [2.24, 2.45) is 0 Å². The summed E-state index contributed by atoms with van der Waals surface area (Å²) in [4.78, 5) is 0. The van der Waals surface area contributed by atoms with Crippen LogP contribution in [0, 0.1) is 0 Å². The molecule has 0 bridgehead atoms. The number of hydrogen-bond donors (Lipinski definition) is 1. The quantitative estimate of drug-likeness (QED) is 0.333. The van der Waals surface area contributed by atoms with Crippen LogP contribution in [0.2, 0.25) is 0 Å². The summed E-state index contributed by atoms with van der Waals surface area (Å²) >= 11 is 0. The smallest absolute Gasteiger partial charge is 0.0466 e. The van der Waals surface area contributed by atoms with Crippen molar-refractivity contribution in [3.63, 3.8) is 0 Å². The fourth-order valence-corrected chi connectivity index (χ4v) is 8.56. The number of ether oxygens (including phenoxy) is 1. The second-order valence-electron chi connectivity index (χ2n) is 7.92. The highest BCUT2D eigenvalue weighted by atomic mass is 31.1. The summed E-state index contributed by atoms with van der Waals surface area (Å²) in [7, 11) is 0.415. The van der Waals surface area contributed by atoms with Crippen LogP contribution in [-0.4, -0.2) is 61.3 Å². The first-order chi connectivity index (χ1) is 11.3. The molecule has 0 atom stereocenters. The van der Waals surface area contributed by atoms with Gasteiger partial charge in [-0.2, -0.15) is 0 Å². The van der Waals surface area contributed by atoms with Crippen molar-refractivity contribution in [3.05, 3.63) is 0 Å². The molecule has 0 spiro atoms. The lowest BCUT2D eigenvalue weighted by Gasteiger charge is -2.27. The first-order valence-electron chi connectivity index (χ1n) is 10.1. The lowest BCUT2D eigenvalue weighted by atomic mass is 10.4.